The van der Waals surface area contributed by atoms with Crippen LogP contribution in [0, 0.1) is 11.3 Å². The second-order valence-corrected chi connectivity index (χ2v) is 2.58. The van der Waals surface area contributed by atoms with Gasteiger partial charge in [-0.3, -0.25) is 0 Å². The fraction of sp³-hybridized carbons (Fsp3) is 0.625. The maximum absolute atomic E-state index is 8.55. The van der Waals surface area contributed by atoms with E-state index in [4.69, 9.17) is 21.0 Å². The summed E-state index contributed by atoms with van der Waals surface area (Å²) in [5, 5.41) is 23.0. The van der Waals surface area contributed by atoms with E-state index >= 15 is 0 Å². The van der Waals surface area contributed by atoms with Gasteiger partial charge < -0.3 is 15.8 Å². The van der Waals surface area contributed by atoms with E-state index in [0.29, 0.717) is 0 Å². The Labute approximate surface area is 82.6 Å². The summed E-state index contributed by atoms with van der Waals surface area (Å²) in [7, 11) is 0. The van der Waals surface area contributed by atoms with Gasteiger partial charge in [0.2, 0.25) is 11.5 Å². The van der Waals surface area contributed by atoms with Gasteiger partial charge in [-0.15, -0.1) is 0 Å². The number of oxime groups is 2. The molecule has 14 heavy (non-hydrogen) atoms. The normalized spacial score (nSPS) is 12.7. The van der Waals surface area contributed by atoms with Gasteiger partial charge in [-0.05, 0) is 12.8 Å². The number of hydrogen-bond donors (Lipinski definition) is 2. The molecule has 0 heterocycles. The van der Waals surface area contributed by atoms with Crippen molar-refractivity contribution in [3.8, 4) is 6.07 Å². The Morgan fingerprint density at radius 3 is 2.50 bits per heavy atom. The Morgan fingerprint density at radius 1 is 1.57 bits per heavy atom. The minimum absolute atomic E-state index is 0.0511. The number of hydrogen-bond acceptors (Lipinski definition) is 5. The monoisotopic (exact) mass is 198 g/mol. The number of amidine groups is 1. The lowest BCUT2D eigenvalue weighted by Gasteiger charge is -2.09. The lowest BCUT2D eigenvalue weighted by Crippen LogP contribution is -2.23. The van der Waals surface area contributed by atoms with Crippen LogP contribution in [-0.2, 0) is 4.84 Å². The van der Waals surface area contributed by atoms with E-state index < -0.39 is 0 Å². The van der Waals surface area contributed by atoms with Crippen molar-refractivity contribution < 1.29 is 10.0 Å². The van der Waals surface area contributed by atoms with Gasteiger partial charge in [0.15, 0.2) is 0 Å². The maximum Gasteiger partial charge on any atom is 0.224 e. The summed E-state index contributed by atoms with van der Waals surface area (Å²) in [5.41, 5.74) is 4.94. The van der Waals surface area contributed by atoms with Crippen molar-refractivity contribution in [1.82, 2.24) is 0 Å². The predicted molar refractivity (Wildman–Crippen MR) is 51.9 cm³/mol. The Kier molecular flexibility index (Phi) is 5.87. The van der Waals surface area contributed by atoms with Crippen LogP contribution in [0.3, 0.4) is 0 Å². The molecule has 0 unspecified atom stereocenters. The molecule has 0 saturated heterocycles. The molecule has 0 atom stereocenters. The molecule has 0 aliphatic rings. The molecule has 0 spiro atoms. The topological polar surface area (TPSA) is 104 Å². The highest BCUT2D eigenvalue weighted by molar-refractivity contribution is 6.46. The summed E-state index contributed by atoms with van der Waals surface area (Å²) in [5.74, 6) is -0.349. The average molecular weight is 198 g/mol. The zero-order chi connectivity index (χ0) is 11.0. The molecule has 6 nitrogen and oxygen atoms in total. The van der Waals surface area contributed by atoms with Crippen LogP contribution in [-0.4, -0.2) is 22.9 Å². The van der Waals surface area contributed by atoms with Gasteiger partial charge >= 0.3 is 0 Å². The molecule has 0 bridgehead atoms. The van der Waals surface area contributed by atoms with Gasteiger partial charge in [-0.1, -0.05) is 24.2 Å². The number of nitriles is 1. The Hall–Kier alpha value is -1.77. The van der Waals surface area contributed by atoms with E-state index in [0.717, 1.165) is 12.8 Å². The van der Waals surface area contributed by atoms with E-state index in [1.807, 2.05) is 13.8 Å². The van der Waals surface area contributed by atoms with Crippen LogP contribution < -0.4 is 5.73 Å². The zero-order valence-electron chi connectivity index (χ0n) is 8.27. The number of rotatable bonds is 5. The van der Waals surface area contributed by atoms with Crippen molar-refractivity contribution in [3.05, 3.63) is 0 Å². The minimum Gasteiger partial charge on any atom is -0.409 e. The Bertz CT molecular complexity index is 263. The predicted octanol–water partition coefficient (Wildman–Crippen LogP) is 0.818. The molecule has 0 aromatic heterocycles. The van der Waals surface area contributed by atoms with Crippen LogP contribution in [0.2, 0.25) is 0 Å². The number of nitrogens with zero attached hydrogens (tertiary/aromatic N) is 3. The van der Waals surface area contributed by atoms with E-state index in [9.17, 15) is 0 Å². The van der Waals surface area contributed by atoms with Gasteiger partial charge in [0.1, 0.15) is 12.2 Å². The summed E-state index contributed by atoms with van der Waals surface area (Å²) in [6.07, 6.45) is 1.52. The zero-order valence-corrected chi connectivity index (χ0v) is 8.27. The molecule has 6 heteroatoms. The van der Waals surface area contributed by atoms with Crippen LogP contribution in [0.4, 0.5) is 0 Å². The van der Waals surface area contributed by atoms with E-state index in [1.54, 1.807) is 6.07 Å². The molecule has 78 valence electrons. The SMILES string of the molecule is CCC(CC)ON=C(C#N)C(N)=NO. The minimum atomic E-state index is -0.349. The van der Waals surface area contributed by atoms with E-state index in [-0.39, 0.29) is 17.7 Å². The Balaban J connectivity index is 4.41. The van der Waals surface area contributed by atoms with Crippen molar-refractivity contribution in [2.75, 3.05) is 0 Å². The van der Waals surface area contributed by atoms with Crippen LogP contribution >= 0.6 is 0 Å². The van der Waals surface area contributed by atoms with Gasteiger partial charge in [-0.2, -0.15) is 5.26 Å². The second kappa shape index (κ2) is 6.71. The molecule has 0 radical (unpaired) electrons. The molecular weight excluding hydrogens is 184 g/mol. The van der Waals surface area contributed by atoms with E-state index in [2.05, 4.69) is 10.3 Å². The molecule has 0 aliphatic carbocycles. The lowest BCUT2D eigenvalue weighted by atomic mass is 10.2. The van der Waals surface area contributed by atoms with Crippen molar-refractivity contribution in [2.24, 2.45) is 16.0 Å². The maximum atomic E-state index is 8.55. The summed E-state index contributed by atoms with van der Waals surface area (Å²) in [4.78, 5) is 5.01. The first-order chi connectivity index (χ1) is 6.69. The van der Waals surface area contributed by atoms with E-state index in [1.165, 1.54) is 0 Å². The molecule has 0 fully saturated rings. The van der Waals surface area contributed by atoms with Gasteiger partial charge in [0.05, 0.1) is 0 Å². The molecule has 3 N–H and O–H groups in total. The standard InChI is InChI=1S/C8H14N4O2/c1-3-6(4-2)14-12-7(5-9)8(10)11-13/h6,13H,3-4H2,1-2H3,(H2,10,11). The summed E-state index contributed by atoms with van der Waals surface area (Å²) >= 11 is 0. The first kappa shape index (κ1) is 12.2. The third kappa shape index (κ3) is 3.76. The second-order valence-electron chi connectivity index (χ2n) is 2.58. The highest BCUT2D eigenvalue weighted by Gasteiger charge is 2.08. The van der Waals surface area contributed by atoms with Crippen LogP contribution in [0.5, 0.6) is 0 Å². The third-order valence-electron chi connectivity index (χ3n) is 1.66. The van der Waals surface area contributed by atoms with Gasteiger partial charge in [0.25, 0.3) is 0 Å². The molecular formula is C8H14N4O2. The smallest absolute Gasteiger partial charge is 0.224 e. The quantitative estimate of drug-likeness (QED) is 0.295. The first-order valence-electron chi connectivity index (χ1n) is 4.31. The fourth-order valence-electron chi connectivity index (χ4n) is 0.737. The fourth-order valence-corrected chi connectivity index (χ4v) is 0.737. The first-order valence-corrected chi connectivity index (χ1v) is 4.31. The number of nitrogens with two attached hydrogens (primary N) is 1. The highest BCUT2D eigenvalue weighted by Crippen LogP contribution is 2.02. The van der Waals surface area contributed by atoms with Gasteiger partial charge in [0, 0.05) is 0 Å². The molecule has 0 rings (SSSR count). The van der Waals surface area contributed by atoms with Crippen LogP contribution in [0.25, 0.3) is 0 Å². The van der Waals surface area contributed by atoms with Gasteiger partial charge in [-0.25, -0.2) is 0 Å². The average Bonchev–Trinajstić information content (AvgIpc) is 2.24. The van der Waals surface area contributed by atoms with Crippen molar-refractivity contribution in [2.45, 2.75) is 32.8 Å². The molecule has 0 amide bonds. The summed E-state index contributed by atoms with van der Waals surface area (Å²) < 4.78 is 0. The van der Waals surface area contributed by atoms with Crippen molar-refractivity contribution in [1.29, 1.82) is 5.26 Å². The highest BCUT2D eigenvalue weighted by atomic mass is 16.6. The molecule has 0 aliphatic heterocycles. The third-order valence-corrected chi connectivity index (χ3v) is 1.66. The summed E-state index contributed by atoms with van der Waals surface area (Å²) in [6.45, 7) is 3.89. The summed E-state index contributed by atoms with van der Waals surface area (Å²) in [6, 6.07) is 1.67. The molecule has 0 aromatic carbocycles. The largest absolute Gasteiger partial charge is 0.409 e. The van der Waals surface area contributed by atoms with Crippen LogP contribution in [0.15, 0.2) is 10.3 Å². The molecule has 0 saturated carbocycles. The lowest BCUT2D eigenvalue weighted by molar-refractivity contribution is 0.0544. The van der Waals surface area contributed by atoms with Crippen molar-refractivity contribution >= 4 is 11.5 Å². The Morgan fingerprint density at radius 2 is 2.14 bits per heavy atom. The van der Waals surface area contributed by atoms with Crippen LogP contribution in [0.1, 0.15) is 26.7 Å². The molecule has 0 aromatic rings. The van der Waals surface area contributed by atoms with Crippen molar-refractivity contribution in [3.63, 3.8) is 0 Å².